The first-order valence-corrected chi connectivity index (χ1v) is 13.2. The number of aryl methyl sites for hydroxylation is 2. The third-order valence-corrected chi connectivity index (χ3v) is 8.25. The number of nitrogens with zero attached hydrogens (tertiary/aromatic N) is 4. The van der Waals surface area contributed by atoms with Crippen LogP contribution < -0.4 is 5.73 Å². The van der Waals surface area contributed by atoms with Crippen molar-refractivity contribution in [3.8, 4) is 6.07 Å². The Balaban J connectivity index is 0.000000591. The number of rotatable bonds is 4. The number of benzene rings is 1. The van der Waals surface area contributed by atoms with E-state index in [2.05, 4.69) is 41.0 Å². The zero-order valence-corrected chi connectivity index (χ0v) is 20.4. The Labute approximate surface area is 206 Å². The molecule has 7 atom stereocenters. The van der Waals surface area contributed by atoms with Crippen LogP contribution >= 0.6 is 0 Å². The molecule has 6 rings (SSSR count). The molecule has 3 aliphatic heterocycles. The maximum absolute atomic E-state index is 13.3. The highest BCUT2D eigenvalue weighted by molar-refractivity contribution is 7.60. The zero-order chi connectivity index (χ0) is 25.0. The summed E-state index contributed by atoms with van der Waals surface area (Å²) in [6.07, 6.45) is 4.64. The predicted molar refractivity (Wildman–Crippen MR) is 125 cm³/mol. The van der Waals surface area contributed by atoms with Crippen LogP contribution in [0.4, 0.5) is 0 Å². The molecule has 0 spiro atoms. The molecule has 2 amide bonds. The average molecular weight is 499 g/mol. The van der Waals surface area contributed by atoms with Gasteiger partial charge in [0.15, 0.2) is 0 Å². The second kappa shape index (κ2) is 9.00. The highest BCUT2D eigenvalue weighted by atomic mass is 32.2. The van der Waals surface area contributed by atoms with Crippen molar-refractivity contribution >= 4 is 22.3 Å². The van der Waals surface area contributed by atoms with E-state index in [1.165, 1.54) is 16.7 Å². The van der Waals surface area contributed by atoms with Gasteiger partial charge >= 0.3 is 10.5 Å². The molecular formula is C24H30N6O4S. The van der Waals surface area contributed by atoms with Crippen LogP contribution in [0.5, 0.6) is 0 Å². The summed E-state index contributed by atoms with van der Waals surface area (Å²) in [7, 11) is -2.61. The molecule has 3 saturated heterocycles. The fourth-order valence-corrected chi connectivity index (χ4v) is 6.72. The van der Waals surface area contributed by atoms with E-state index in [4.69, 9.17) is 18.9 Å². The van der Waals surface area contributed by atoms with Gasteiger partial charge in [0.05, 0.1) is 24.2 Å². The molecule has 1 unspecified atom stereocenters. The minimum atomic E-state index is -2.61. The highest BCUT2D eigenvalue weighted by Gasteiger charge is 2.56. The fourth-order valence-electron chi connectivity index (χ4n) is 6.72. The van der Waals surface area contributed by atoms with Gasteiger partial charge < -0.3 is 15.5 Å². The SMILES string of the molecule is Cc1ccc2c(c1)CC[C@@H]2N1C(=O)[C@@H]2C[C@H]1CN2C[C@H](N)C(=O)N1[C@H](C#N)CC2C[C@@H]21.N=S(=O)=O. The molecule has 186 valence electrons. The van der Waals surface area contributed by atoms with Crippen LogP contribution in [0.3, 0.4) is 0 Å². The number of fused-ring (bicyclic) bond motifs is 4. The summed E-state index contributed by atoms with van der Waals surface area (Å²) in [5, 5.41) is 9.38. The third kappa shape index (κ3) is 4.24. The molecular weight excluding hydrogens is 468 g/mol. The number of carbonyl (C=O) groups is 2. The molecule has 11 heteroatoms. The first kappa shape index (κ1) is 23.9. The topological polar surface area (TPSA) is 152 Å². The number of piperidine rings is 1. The number of nitriles is 1. The van der Waals surface area contributed by atoms with Crippen LogP contribution in [0.2, 0.25) is 0 Å². The number of nitrogens with one attached hydrogen (secondary N) is 1. The highest BCUT2D eigenvalue weighted by Crippen LogP contribution is 2.48. The van der Waals surface area contributed by atoms with Crippen molar-refractivity contribution in [1.82, 2.24) is 14.7 Å². The molecule has 1 saturated carbocycles. The van der Waals surface area contributed by atoms with Gasteiger partial charge in [-0.15, -0.1) is 0 Å². The van der Waals surface area contributed by atoms with Crippen molar-refractivity contribution in [3.63, 3.8) is 0 Å². The van der Waals surface area contributed by atoms with Gasteiger partial charge in [-0.2, -0.15) is 18.5 Å². The molecule has 0 radical (unpaired) electrons. The average Bonchev–Trinajstić information content (AvgIpc) is 3.14. The molecule has 0 aromatic heterocycles. The Morgan fingerprint density at radius 2 is 2.03 bits per heavy atom. The monoisotopic (exact) mass is 498 g/mol. The Morgan fingerprint density at radius 1 is 1.29 bits per heavy atom. The van der Waals surface area contributed by atoms with E-state index in [0.29, 0.717) is 12.5 Å². The van der Waals surface area contributed by atoms with Crippen molar-refractivity contribution < 1.29 is 18.0 Å². The van der Waals surface area contributed by atoms with Crippen LogP contribution in [0.25, 0.3) is 0 Å². The molecule has 5 aliphatic rings. The molecule has 1 aromatic rings. The van der Waals surface area contributed by atoms with Crippen LogP contribution in [0.15, 0.2) is 18.2 Å². The Hall–Kier alpha value is -2.81. The molecule has 10 nitrogen and oxygen atoms in total. The number of nitrogens with two attached hydrogens (primary N) is 1. The number of hydrogen-bond donors (Lipinski definition) is 2. The second-order valence-corrected chi connectivity index (χ2v) is 10.9. The first-order chi connectivity index (χ1) is 16.7. The van der Waals surface area contributed by atoms with E-state index in [1.807, 2.05) is 0 Å². The molecule has 2 aliphatic carbocycles. The van der Waals surface area contributed by atoms with Gasteiger partial charge in [0.1, 0.15) is 6.04 Å². The summed E-state index contributed by atoms with van der Waals surface area (Å²) in [6.45, 7) is 3.29. The van der Waals surface area contributed by atoms with Crippen molar-refractivity contribution in [2.24, 2.45) is 11.7 Å². The summed E-state index contributed by atoms with van der Waals surface area (Å²) >= 11 is 0. The normalized spacial score (nSPS) is 33.0. The summed E-state index contributed by atoms with van der Waals surface area (Å²) in [5.41, 5.74) is 10.3. The van der Waals surface area contributed by atoms with Gasteiger partial charge in [-0.1, -0.05) is 23.8 Å². The van der Waals surface area contributed by atoms with Crippen molar-refractivity contribution in [2.75, 3.05) is 13.1 Å². The largest absolute Gasteiger partial charge is 0.330 e. The number of piperazine rings is 1. The molecule has 1 aromatic carbocycles. The van der Waals surface area contributed by atoms with E-state index in [-0.39, 0.29) is 42.0 Å². The van der Waals surface area contributed by atoms with Gasteiger partial charge in [0, 0.05) is 25.2 Å². The predicted octanol–water partition coefficient (Wildman–Crippen LogP) is 0.736. The fraction of sp³-hybridized carbons (Fsp3) is 0.625. The minimum absolute atomic E-state index is 0.122. The standard InChI is InChI=1S/C24H29N5O2.HNO2S/c1-13-2-4-18-14(6-13)3-5-20(18)29-17-9-22(24(29)31)27(11-17)12-19(26)23(30)28-16(10-25)7-15-8-21(15)28;1-4(2)3/h2,4,6,15-17,19-22H,3,5,7-9,11-12,26H2,1H3;1H/t15?,16-,17-,19-,20-,21-,22-;/m0./s1. The van der Waals surface area contributed by atoms with Crippen molar-refractivity contribution in [2.45, 2.75) is 75.3 Å². The zero-order valence-electron chi connectivity index (χ0n) is 19.6. The minimum Gasteiger partial charge on any atom is -0.330 e. The Kier molecular flexibility index (Phi) is 6.15. The summed E-state index contributed by atoms with van der Waals surface area (Å²) in [4.78, 5) is 32.3. The number of hydrogen-bond acceptors (Lipinski definition) is 8. The van der Waals surface area contributed by atoms with E-state index in [9.17, 15) is 14.9 Å². The molecule has 3 heterocycles. The molecule has 35 heavy (non-hydrogen) atoms. The summed E-state index contributed by atoms with van der Waals surface area (Å²) in [5.74, 6) is 0.549. The molecule has 2 bridgehead atoms. The van der Waals surface area contributed by atoms with E-state index in [0.717, 1.165) is 38.6 Å². The molecule has 4 fully saturated rings. The quantitative estimate of drug-likeness (QED) is 0.621. The summed E-state index contributed by atoms with van der Waals surface area (Å²) in [6, 6.07) is 8.27. The van der Waals surface area contributed by atoms with Gasteiger partial charge in [0.2, 0.25) is 11.8 Å². The second-order valence-electron chi connectivity index (χ2n) is 10.4. The van der Waals surface area contributed by atoms with Crippen molar-refractivity contribution in [1.29, 1.82) is 10.0 Å². The van der Waals surface area contributed by atoms with E-state index in [1.54, 1.807) is 4.90 Å². The van der Waals surface area contributed by atoms with Crippen LogP contribution in [0.1, 0.15) is 48.4 Å². The number of amides is 2. The maximum Gasteiger partial charge on any atom is 0.308 e. The Morgan fingerprint density at radius 3 is 2.71 bits per heavy atom. The van der Waals surface area contributed by atoms with Crippen LogP contribution in [-0.4, -0.2) is 78.2 Å². The lowest BCUT2D eigenvalue weighted by molar-refractivity contribution is -0.141. The lowest BCUT2D eigenvalue weighted by Crippen LogP contribution is -2.57. The van der Waals surface area contributed by atoms with Crippen LogP contribution in [-0.2, 0) is 26.5 Å². The first-order valence-electron chi connectivity index (χ1n) is 12.1. The van der Waals surface area contributed by atoms with Gasteiger partial charge in [-0.3, -0.25) is 14.5 Å². The maximum atomic E-state index is 13.3. The lowest BCUT2D eigenvalue weighted by Gasteiger charge is -2.38. The van der Waals surface area contributed by atoms with E-state index >= 15 is 0 Å². The smallest absolute Gasteiger partial charge is 0.308 e. The van der Waals surface area contributed by atoms with Crippen LogP contribution in [0, 0.1) is 29.0 Å². The van der Waals surface area contributed by atoms with Gasteiger partial charge in [-0.25, -0.2) is 0 Å². The summed E-state index contributed by atoms with van der Waals surface area (Å²) < 4.78 is 22.8. The number of likely N-dealkylation sites (tertiary alicyclic amines) is 3. The van der Waals surface area contributed by atoms with Gasteiger partial charge in [0.25, 0.3) is 0 Å². The van der Waals surface area contributed by atoms with Gasteiger partial charge in [-0.05, 0) is 56.1 Å². The third-order valence-electron chi connectivity index (χ3n) is 8.25. The Bertz CT molecular complexity index is 1210. The molecule has 3 N–H and O–H groups in total. The lowest BCUT2D eigenvalue weighted by atomic mass is 10.0. The number of carbonyl (C=O) groups excluding carboxylic acids is 2. The van der Waals surface area contributed by atoms with E-state index < -0.39 is 16.5 Å². The van der Waals surface area contributed by atoms with Crippen molar-refractivity contribution in [3.05, 3.63) is 34.9 Å².